The zero-order chi connectivity index (χ0) is 7.98. The summed E-state index contributed by atoms with van der Waals surface area (Å²) in [7, 11) is 0. The Kier molecular flexibility index (Phi) is 6.03. The first-order valence-corrected chi connectivity index (χ1v) is 4.04. The van der Waals surface area contributed by atoms with Gasteiger partial charge in [0.2, 0.25) is 0 Å². The molecule has 0 amide bonds. The fourth-order valence-electron chi connectivity index (χ4n) is 0.871. The molecule has 2 atom stereocenters. The largest absolute Gasteiger partial charge is 0.312 e. The lowest BCUT2D eigenvalue weighted by Crippen LogP contribution is -2.29. The summed E-state index contributed by atoms with van der Waals surface area (Å²) in [5.41, 5.74) is 0. The number of hydrogen-bond acceptors (Lipinski definition) is 1. The van der Waals surface area contributed by atoms with Gasteiger partial charge in [0.05, 0.1) is 0 Å². The summed E-state index contributed by atoms with van der Waals surface area (Å²) < 4.78 is 11.6. The summed E-state index contributed by atoms with van der Waals surface area (Å²) in [6.07, 6.45) is 0.890. The number of halogens is 2. The van der Waals surface area contributed by atoms with E-state index in [-0.39, 0.29) is 12.1 Å². The van der Waals surface area contributed by atoms with E-state index < -0.39 is 0 Å². The Morgan fingerprint density at radius 1 is 1.50 bits per heavy atom. The number of nitrogens with one attached hydrogen (secondary N) is 1. The predicted molar refractivity (Wildman–Crippen MR) is 43.4 cm³/mol. The van der Waals surface area contributed by atoms with Crippen molar-refractivity contribution in [1.82, 2.24) is 5.32 Å². The maximum atomic E-state index is 11.6. The maximum Gasteiger partial charge on any atom is 0.102 e. The summed E-state index contributed by atoms with van der Waals surface area (Å²) in [6, 6.07) is 0.322. The molecule has 0 bridgehead atoms. The van der Waals surface area contributed by atoms with Crippen molar-refractivity contribution in [3.05, 3.63) is 0 Å². The Labute approximate surface area is 66.9 Å². The van der Waals surface area contributed by atoms with E-state index in [4.69, 9.17) is 11.6 Å². The molecule has 0 fully saturated rings. The Morgan fingerprint density at radius 2 is 2.10 bits per heavy atom. The second-order valence-corrected chi connectivity index (χ2v) is 3.31. The molecule has 0 rings (SSSR count). The monoisotopic (exact) mass is 167 g/mol. The van der Waals surface area contributed by atoms with E-state index in [9.17, 15) is 4.39 Å². The van der Waals surface area contributed by atoms with E-state index in [1.165, 1.54) is 0 Å². The summed E-state index contributed by atoms with van der Waals surface area (Å²) in [5.74, 6) is 0. The number of alkyl halides is 2. The zero-order valence-electron chi connectivity index (χ0n) is 6.53. The molecule has 62 valence electrons. The molecular weight excluding hydrogens is 153 g/mol. The van der Waals surface area contributed by atoms with Crippen LogP contribution < -0.4 is 5.32 Å². The van der Waals surface area contributed by atoms with Gasteiger partial charge < -0.3 is 5.32 Å². The van der Waals surface area contributed by atoms with Crippen LogP contribution >= 0.6 is 11.6 Å². The van der Waals surface area contributed by atoms with Crippen LogP contribution in [0, 0.1) is 0 Å². The highest BCUT2D eigenvalue weighted by Crippen LogP contribution is 2.03. The molecule has 0 aliphatic rings. The molecule has 1 nitrogen and oxygen atoms in total. The Hall–Kier alpha value is 0.180. The Bertz CT molecular complexity index is 78.0. The summed E-state index contributed by atoms with van der Waals surface area (Å²) in [4.78, 5) is 0. The highest BCUT2D eigenvalue weighted by atomic mass is 35.5. The molecule has 0 aromatic carbocycles. The second-order valence-electron chi connectivity index (χ2n) is 2.56. The van der Waals surface area contributed by atoms with Gasteiger partial charge in [0.15, 0.2) is 0 Å². The van der Waals surface area contributed by atoms with Gasteiger partial charge in [0.1, 0.15) is 6.67 Å². The Balaban J connectivity index is 3.16. The number of rotatable bonds is 5. The highest BCUT2D eigenvalue weighted by Gasteiger charge is 2.03. The third-order valence-electron chi connectivity index (χ3n) is 1.27. The zero-order valence-corrected chi connectivity index (χ0v) is 7.29. The molecule has 0 saturated carbocycles. The van der Waals surface area contributed by atoms with Gasteiger partial charge in [-0.05, 0) is 20.3 Å². The average molecular weight is 168 g/mol. The molecule has 0 spiro atoms. The van der Waals surface area contributed by atoms with Gasteiger partial charge in [-0.15, -0.1) is 11.6 Å². The average Bonchev–Trinajstić information content (AvgIpc) is 1.82. The predicted octanol–water partition coefficient (Wildman–Crippen LogP) is 1.95. The van der Waals surface area contributed by atoms with Crippen LogP contribution in [0.4, 0.5) is 4.39 Å². The van der Waals surface area contributed by atoms with Gasteiger partial charge in [-0.3, -0.25) is 0 Å². The fraction of sp³-hybridized carbons (Fsp3) is 1.00. The smallest absolute Gasteiger partial charge is 0.102 e. The topological polar surface area (TPSA) is 12.0 Å². The van der Waals surface area contributed by atoms with Gasteiger partial charge >= 0.3 is 0 Å². The van der Waals surface area contributed by atoms with Gasteiger partial charge in [0.25, 0.3) is 0 Å². The van der Waals surface area contributed by atoms with Gasteiger partial charge in [-0.2, -0.15) is 0 Å². The van der Waals surface area contributed by atoms with Crippen molar-refractivity contribution in [2.75, 3.05) is 13.2 Å². The van der Waals surface area contributed by atoms with Gasteiger partial charge in [-0.25, -0.2) is 4.39 Å². The molecule has 3 heteroatoms. The van der Waals surface area contributed by atoms with E-state index in [2.05, 4.69) is 5.32 Å². The maximum absolute atomic E-state index is 11.6. The minimum absolute atomic E-state index is 0.169. The molecule has 10 heavy (non-hydrogen) atoms. The van der Waals surface area contributed by atoms with Crippen LogP contribution in [0.1, 0.15) is 20.3 Å². The molecule has 0 aliphatic heterocycles. The van der Waals surface area contributed by atoms with Crippen molar-refractivity contribution in [3.63, 3.8) is 0 Å². The van der Waals surface area contributed by atoms with Crippen LogP contribution in [0.5, 0.6) is 0 Å². The van der Waals surface area contributed by atoms with Crippen molar-refractivity contribution < 1.29 is 4.39 Å². The van der Waals surface area contributed by atoms with Crippen LogP contribution in [0.15, 0.2) is 0 Å². The molecule has 0 aromatic rings. The van der Waals surface area contributed by atoms with Crippen molar-refractivity contribution in [1.29, 1.82) is 0 Å². The van der Waals surface area contributed by atoms with E-state index in [0.717, 1.165) is 6.42 Å². The van der Waals surface area contributed by atoms with Crippen molar-refractivity contribution in [2.45, 2.75) is 31.7 Å². The minimum atomic E-state index is -0.305. The summed E-state index contributed by atoms with van der Waals surface area (Å²) >= 11 is 5.72. The van der Waals surface area contributed by atoms with Gasteiger partial charge in [-0.1, -0.05) is 0 Å². The van der Waals surface area contributed by atoms with Crippen molar-refractivity contribution in [3.8, 4) is 0 Å². The number of hydrogen-bond donors (Lipinski definition) is 1. The van der Waals surface area contributed by atoms with Crippen LogP contribution in [-0.4, -0.2) is 24.6 Å². The molecule has 0 heterocycles. The molecule has 2 unspecified atom stereocenters. The first kappa shape index (κ1) is 10.2. The minimum Gasteiger partial charge on any atom is -0.312 e. The Morgan fingerprint density at radius 3 is 2.50 bits per heavy atom. The van der Waals surface area contributed by atoms with Crippen molar-refractivity contribution in [2.24, 2.45) is 0 Å². The lowest BCUT2D eigenvalue weighted by Gasteiger charge is -2.12. The molecular formula is C7H15ClFN. The second kappa shape index (κ2) is 5.93. The molecule has 0 saturated heterocycles. The van der Waals surface area contributed by atoms with E-state index >= 15 is 0 Å². The molecule has 0 aliphatic carbocycles. The van der Waals surface area contributed by atoms with Crippen LogP contribution in [0.25, 0.3) is 0 Å². The van der Waals surface area contributed by atoms with Crippen molar-refractivity contribution >= 4 is 11.6 Å². The lowest BCUT2D eigenvalue weighted by atomic mass is 10.2. The quantitative estimate of drug-likeness (QED) is 0.618. The van der Waals surface area contributed by atoms with E-state index in [1.807, 2.05) is 13.8 Å². The third-order valence-corrected chi connectivity index (χ3v) is 1.44. The van der Waals surface area contributed by atoms with Gasteiger partial charge in [0, 0.05) is 18.0 Å². The summed E-state index contributed by atoms with van der Waals surface area (Å²) in [6.45, 7) is 4.08. The standard InChI is InChI=1S/C7H15ClFN/c1-6(8)5-7(2)10-4-3-9/h6-7,10H,3-5H2,1-2H3. The molecule has 1 N–H and O–H groups in total. The van der Waals surface area contributed by atoms with Crippen LogP contribution in [0.2, 0.25) is 0 Å². The van der Waals surface area contributed by atoms with E-state index in [0.29, 0.717) is 12.6 Å². The summed E-state index contributed by atoms with van der Waals surface area (Å²) in [5, 5.41) is 3.17. The third kappa shape index (κ3) is 6.30. The lowest BCUT2D eigenvalue weighted by molar-refractivity contribution is 0.429. The normalized spacial score (nSPS) is 16.8. The molecule has 0 aromatic heterocycles. The highest BCUT2D eigenvalue weighted by molar-refractivity contribution is 6.20. The first-order valence-electron chi connectivity index (χ1n) is 3.60. The first-order chi connectivity index (χ1) is 4.66. The SMILES string of the molecule is CC(Cl)CC(C)NCCF. The van der Waals surface area contributed by atoms with Crippen LogP contribution in [-0.2, 0) is 0 Å². The molecule has 0 radical (unpaired) electrons. The van der Waals surface area contributed by atoms with E-state index in [1.54, 1.807) is 0 Å². The fourth-order valence-corrected chi connectivity index (χ4v) is 1.14. The van der Waals surface area contributed by atoms with Crippen LogP contribution in [0.3, 0.4) is 0 Å².